The van der Waals surface area contributed by atoms with Crippen LogP contribution in [0.4, 0.5) is 24.8 Å². The minimum atomic E-state index is -4.57. The zero-order valence-corrected chi connectivity index (χ0v) is 23.2. The predicted molar refractivity (Wildman–Crippen MR) is 151 cm³/mol. The Morgan fingerprint density at radius 3 is 2.49 bits per heavy atom. The van der Waals surface area contributed by atoms with Gasteiger partial charge in [0.2, 0.25) is 5.91 Å². The van der Waals surface area contributed by atoms with Crippen molar-refractivity contribution in [1.82, 2.24) is 24.3 Å². The third kappa shape index (κ3) is 5.88. The topological polar surface area (TPSA) is 159 Å². The lowest BCUT2D eigenvalue weighted by Gasteiger charge is -2.37. The molecule has 0 saturated carbocycles. The van der Waals surface area contributed by atoms with Crippen LogP contribution in [0.25, 0.3) is 16.8 Å². The number of aromatic nitrogens is 4. The number of imidazole rings is 1. The van der Waals surface area contributed by atoms with Crippen molar-refractivity contribution in [3.8, 4) is 11.3 Å². The quantitative estimate of drug-likeness (QED) is 0.253. The SMILES string of the molecule is CC(CO)(CO)C(=O)N1CCC[C@@H](c2nc(-c3ccc(C(=O)Nc4cc(C(F)(F)F)ccn4)cc3)c3c(N)nccn23)C1. The van der Waals surface area contributed by atoms with Gasteiger partial charge in [-0.3, -0.25) is 14.0 Å². The second kappa shape index (κ2) is 11.6. The first kappa shape index (κ1) is 29.9. The predicted octanol–water partition coefficient (Wildman–Crippen LogP) is 3.34. The van der Waals surface area contributed by atoms with Gasteiger partial charge in [0.15, 0.2) is 0 Å². The van der Waals surface area contributed by atoms with E-state index in [2.05, 4.69) is 15.3 Å². The van der Waals surface area contributed by atoms with Crippen LogP contribution in [0, 0.1) is 5.41 Å². The van der Waals surface area contributed by atoms with Gasteiger partial charge < -0.3 is 26.2 Å². The summed E-state index contributed by atoms with van der Waals surface area (Å²) in [6.45, 7) is 1.38. The van der Waals surface area contributed by atoms with Crippen molar-refractivity contribution in [1.29, 1.82) is 0 Å². The normalized spacial score (nSPS) is 16.0. The molecule has 0 radical (unpaired) electrons. The van der Waals surface area contributed by atoms with Crippen LogP contribution in [0.5, 0.6) is 0 Å². The molecule has 1 aliphatic heterocycles. The average molecular weight is 598 g/mol. The Hall–Kier alpha value is -4.56. The molecule has 0 spiro atoms. The molecule has 0 unspecified atom stereocenters. The molecule has 1 atom stereocenters. The van der Waals surface area contributed by atoms with Crippen molar-refractivity contribution in [2.24, 2.45) is 5.41 Å². The molecule has 43 heavy (non-hydrogen) atoms. The number of nitrogen functional groups attached to an aromatic ring is 1. The first-order valence-corrected chi connectivity index (χ1v) is 13.5. The highest BCUT2D eigenvalue weighted by molar-refractivity contribution is 6.04. The number of hydrogen-bond donors (Lipinski definition) is 4. The highest BCUT2D eigenvalue weighted by Gasteiger charge is 2.38. The number of nitrogens with zero attached hydrogens (tertiary/aromatic N) is 5. The fourth-order valence-corrected chi connectivity index (χ4v) is 5.16. The maximum Gasteiger partial charge on any atom is 0.416 e. The van der Waals surface area contributed by atoms with Crippen LogP contribution in [0.15, 0.2) is 55.0 Å². The second-order valence-corrected chi connectivity index (χ2v) is 10.8. The summed E-state index contributed by atoms with van der Waals surface area (Å²) < 4.78 is 40.9. The third-order valence-corrected chi connectivity index (χ3v) is 7.65. The number of pyridine rings is 1. The van der Waals surface area contributed by atoms with Crippen molar-refractivity contribution >= 4 is 29.0 Å². The van der Waals surface area contributed by atoms with Gasteiger partial charge in [-0.15, -0.1) is 0 Å². The van der Waals surface area contributed by atoms with Crippen molar-refractivity contribution in [3.05, 3.63) is 71.9 Å². The third-order valence-electron chi connectivity index (χ3n) is 7.65. The highest BCUT2D eigenvalue weighted by atomic mass is 19.4. The van der Waals surface area contributed by atoms with Crippen LogP contribution in [0.1, 0.15) is 47.4 Å². The Kier molecular flexibility index (Phi) is 8.08. The summed E-state index contributed by atoms with van der Waals surface area (Å²) in [6, 6.07) is 7.91. The number of benzene rings is 1. The Bertz CT molecular complexity index is 1650. The fourth-order valence-electron chi connectivity index (χ4n) is 5.16. The minimum Gasteiger partial charge on any atom is -0.395 e. The van der Waals surface area contributed by atoms with Crippen LogP contribution < -0.4 is 11.1 Å². The number of anilines is 2. The summed E-state index contributed by atoms with van der Waals surface area (Å²) in [5.41, 5.74) is 5.91. The summed E-state index contributed by atoms with van der Waals surface area (Å²) >= 11 is 0. The van der Waals surface area contributed by atoms with Crippen molar-refractivity contribution in [3.63, 3.8) is 0 Å². The molecule has 11 nitrogen and oxygen atoms in total. The molecule has 226 valence electrons. The lowest BCUT2D eigenvalue weighted by atomic mass is 9.88. The van der Waals surface area contributed by atoms with Gasteiger partial charge in [0.1, 0.15) is 28.7 Å². The minimum absolute atomic E-state index is 0.174. The van der Waals surface area contributed by atoms with Crippen LogP contribution >= 0.6 is 0 Å². The Balaban J connectivity index is 1.42. The summed E-state index contributed by atoms with van der Waals surface area (Å²) in [4.78, 5) is 40.4. The van der Waals surface area contributed by atoms with Crippen LogP contribution in [-0.4, -0.2) is 72.6 Å². The number of alkyl halides is 3. The van der Waals surface area contributed by atoms with E-state index in [-0.39, 0.29) is 29.0 Å². The average Bonchev–Trinajstić information content (AvgIpc) is 3.41. The summed E-state index contributed by atoms with van der Waals surface area (Å²) in [7, 11) is 0. The van der Waals surface area contributed by atoms with E-state index in [4.69, 9.17) is 10.7 Å². The van der Waals surface area contributed by atoms with Crippen molar-refractivity contribution < 1.29 is 33.0 Å². The number of nitrogens with two attached hydrogens (primary N) is 1. The van der Waals surface area contributed by atoms with Crippen molar-refractivity contribution in [2.75, 3.05) is 37.4 Å². The molecular formula is C29H30F3N7O4. The molecule has 0 aliphatic carbocycles. The maximum absolute atomic E-state index is 13.1. The van der Waals surface area contributed by atoms with Gasteiger partial charge in [-0.2, -0.15) is 13.2 Å². The Labute approximate surface area is 244 Å². The zero-order chi connectivity index (χ0) is 30.9. The number of hydrogen-bond acceptors (Lipinski definition) is 8. The number of carbonyl (C=O) groups excluding carboxylic acids is 2. The number of nitrogens with one attached hydrogen (secondary N) is 1. The van der Waals surface area contributed by atoms with E-state index in [1.165, 1.54) is 19.1 Å². The Morgan fingerprint density at radius 2 is 1.81 bits per heavy atom. The molecule has 1 aromatic carbocycles. The largest absolute Gasteiger partial charge is 0.416 e. The molecule has 5 rings (SSSR count). The molecule has 1 fully saturated rings. The van der Waals surface area contributed by atoms with Gasteiger partial charge in [0, 0.05) is 48.7 Å². The van der Waals surface area contributed by atoms with Crippen molar-refractivity contribution in [2.45, 2.75) is 31.9 Å². The molecule has 4 heterocycles. The van der Waals surface area contributed by atoms with E-state index in [1.807, 2.05) is 4.40 Å². The smallest absolute Gasteiger partial charge is 0.395 e. The molecule has 0 bridgehead atoms. The summed E-state index contributed by atoms with van der Waals surface area (Å²) in [5.74, 6) is -0.495. The molecule has 1 aliphatic rings. The maximum atomic E-state index is 13.1. The standard InChI is InChI=1S/C29H30F3N7O4/c1-28(15-40,16-41)27(43)38-11-2-3-19(14-38)25-37-22(23-24(33)35-10-12-39(23)25)17-4-6-18(7-5-17)26(42)36-21-13-20(8-9-34-21)29(30,31)32/h4-10,12-13,19,40-41H,2-3,11,14-16H2,1H3,(H2,33,35)(H,34,36,42)/t19-/m1/s1. The molecule has 2 amide bonds. The lowest BCUT2D eigenvalue weighted by Crippen LogP contribution is -2.49. The number of piperidine rings is 1. The lowest BCUT2D eigenvalue weighted by molar-refractivity contribution is -0.147. The van der Waals surface area contributed by atoms with Gasteiger partial charge in [0.25, 0.3) is 5.91 Å². The fraction of sp³-hybridized carbons (Fsp3) is 0.345. The molecular weight excluding hydrogens is 567 g/mol. The van der Waals surface area contributed by atoms with E-state index in [0.29, 0.717) is 42.1 Å². The first-order chi connectivity index (χ1) is 20.4. The number of amides is 2. The number of aliphatic hydroxyl groups excluding tert-OH is 2. The number of fused-ring (bicyclic) bond motifs is 1. The molecule has 3 aromatic heterocycles. The van der Waals surface area contributed by atoms with Gasteiger partial charge in [0.05, 0.1) is 24.2 Å². The molecule has 5 N–H and O–H groups in total. The second-order valence-electron chi connectivity index (χ2n) is 10.8. The van der Waals surface area contributed by atoms with E-state index in [9.17, 15) is 33.0 Å². The van der Waals surface area contributed by atoms with Crippen LogP contribution in [-0.2, 0) is 11.0 Å². The van der Waals surface area contributed by atoms with E-state index in [1.54, 1.807) is 29.4 Å². The number of carbonyl (C=O) groups is 2. The zero-order valence-electron chi connectivity index (χ0n) is 23.2. The number of likely N-dealkylation sites (tertiary alicyclic amines) is 1. The number of halogens is 3. The summed E-state index contributed by atoms with van der Waals surface area (Å²) in [6.07, 6.45) is 1.11. The van der Waals surface area contributed by atoms with E-state index < -0.39 is 36.3 Å². The van der Waals surface area contributed by atoms with Gasteiger partial charge in [-0.05, 0) is 44.0 Å². The number of aliphatic hydroxyl groups is 2. The highest BCUT2D eigenvalue weighted by Crippen LogP contribution is 2.35. The molecule has 1 saturated heterocycles. The van der Waals surface area contributed by atoms with Gasteiger partial charge in [-0.1, -0.05) is 12.1 Å². The van der Waals surface area contributed by atoms with Gasteiger partial charge in [-0.25, -0.2) is 15.0 Å². The monoisotopic (exact) mass is 597 g/mol. The van der Waals surface area contributed by atoms with E-state index >= 15 is 0 Å². The molecule has 4 aromatic rings. The van der Waals surface area contributed by atoms with Crippen LogP contribution in [0.2, 0.25) is 0 Å². The van der Waals surface area contributed by atoms with Crippen LogP contribution in [0.3, 0.4) is 0 Å². The molecule has 14 heteroatoms. The first-order valence-electron chi connectivity index (χ1n) is 13.5. The summed E-state index contributed by atoms with van der Waals surface area (Å²) in [5, 5.41) is 21.8. The van der Waals surface area contributed by atoms with E-state index in [0.717, 1.165) is 24.8 Å². The number of rotatable bonds is 7. The Morgan fingerprint density at radius 1 is 1.09 bits per heavy atom. The van der Waals surface area contributed by atoms with Gasteiger partial charge >= 0.3 is 6.18 Å².